The fourth-order valence-electron chi connectivity index (χ4n) is 3.91. The van der Waals surface area contributed by atoms with Gasteiger partial charge in [0.25, 0.3) is 25.8 Å². The molecule has 0 fully saturated rings. The number of hydrogen-bond acceptors (Lipinski definition) is 8. The van der Waals surface area contributed by atoms with Crippen molar-refractivity contribution in [2.75, 3.05) is 11.4 Å². The lowest BCUT2D eigenvalue weighted by atomic mass is 10.1. The Balaban J connectivity index is 1.69. The molecular weight excluding hydrogens is 464 g/mol. The molecule has 0 radical (unpaired) electrons. The number of anilines is 1. The van der Waals surface area contributed by atoms with E-state index in [1.807, 2.05) is 0 Å². The maximum absolute atomic E-state index is 11.6. The van der Waals surface area contributed by atoms with Crippen LogP contribution >= 0.6 is 0 Å². The van der Waals surface area contributed by atoms with E-state index in [2.05, 4.69) is 0 Å². The maximum Gasteiger partial charge on any atom is 0.379 e. The van der Waals surface area contributed by atoms with E-state index in [9.17, 15) is 30.7 Å². The molecule has 11 nitrogen and oxygen atoms in total. The van der Waals surface area contributed by atoms with Gasteiger partial charge in [0.05, 0.1) is 23.5 Å². The third-order valence-corrected chi connectivity index (χ3v) is 7.01. The van der Waals surface area contributed by atoms with Crippen LogP contribution in [0.5, 0.6) is 5.75 Å². The highest BCUT2D eigenvalue weighted by atomic mass is 32.2. The number of aldehydes is 1. The molecule has 166 valence electrons. The van der Waals surface area contributed by atoms with Crippen molar-refractivity contribution in [2.24, 2.45) is 0 Å². The van der Waals surface area contributed by atoms with Crippen molar-refractivity contribution in [1.29, 1.82) is 0 Å². The number of fused-ring (bicyclic) bond motifs is 6. The standard InChI is InChI=1S/C19H14N2O9S2/c22-6-5-11-10-20-14-7-12(31(23,24)25)1-3-16(14)29-18(20)9-19-21(11)15-8-13(32(26,27)28)2-4-17(15)30-19/h1-4,6-9,11H,5,10H2,(H-,23,24,25,26,27,28)/p+1. The summed E-state index contributed by atoms with van der Waals surface area (Å²) in [5, 5.41) is 0. The van der Waals surface area contributed by atoms with E-state index in [-0.39, 0.29) is 28.6 Å². The number of oxazole rings is 1. The molecule has 2 aliphatic heterocycles. The van der Waals surface area contributed by atoms with E-state index in [1.54, 1.807) is 9.47 Å². The van der Waals surface area contributed by atoms with Crippen molar-refractivity contribution < 1.29 is 44.5 Å². The van der Waals surface area contributed by atoms with Gasteiger partial charge in [0.15, 0.2) is 11.8 Å². The van der Waals surface area contributed by atoms with Crippen molar-refractivity contribution in [3.8, 4) is 5.75 Å². The first kappa shape index (κ1) is 20.6. The van der Waals surface area contributed by atoms with Crippen molar-refractivity contribution in [1.82, 2.24) is 0 Å². The second-order valence-corrected chi connectivity index (χ2v) is 10.1. The highest BCUT2D eigenvalue weighted by Gasteiger charge is 2.40. The summed E-state index contributed by atoms with van der Waals surface area (Å²) in [4.78, 5) is 12.4. The zero-order valence-electron chi connectivity index (χ0n) is 16.1. The van der Waals surface area contributed by atoms with Crippen LogP contribution in [0.15, 0.2) is 56.5 Å². The largest absolute Gasteiger partial charge is 0.438 e. The van der Waals surface area contributed by atoms with Gasteiger partial charge >= 0.3 is 5.89 Å². The predicted octanol–water partition coefficient (Wildman–Crippen LogP) is 1.55. The average molecular weight is 479 g/mol. The highest BCUT2D eigenvalue weighted by molar-refractivity contribution is 7.86. The van der Waals surface area contributed by atoms with E-state index in [1.165, 1.54) is 42.5 Å². The monoisotopic (exact) mass is 479 g/mol. The van der Waals surface area contributed by atoms with E-state index in [4.69, 9.17) is 9.15 Å². The smallest absolute Gasteiger partial charge is 0.379 e. The number of ether oxygens (including phenoxy) is 1. The first-order valence-corrected chi connectivity index (χ1v) is 12.1. The molecule has 13 heteroatoms. The fraction of sp³-hybridized carbons (Fsp3) is 0.158. The lowest BCUT2D eigenvalue weighted by molar-refractivity contribution is -0.700. The molecule has 2 aromatic carbocycles. The number of aromatic nitrogens is 1. The number of carbonyl (C=O) groups excluding carboxylic acids is 1. The molecule has 2 N–H and O–H groups in total. The van der Waals surface area contributed by atoms with Crippen molar-refractivity contribution in [2.45, 2.75) is 22.3 Å². The fourth-order valence-corrected chi connectivity index (χ4v) is 4.92. The van der Waals surface area contributed by atoms with Gasteiger partial charge in [0.2, 0.25) is 11.5 Å². The van der Waals surface area contributed by atoms with Gasteiger partial charge in [-0.1, -0.05) is 0 Å². The van der Waals surface area contributed by atoms with Crippen molar-refractivity contribution >= 4 is 49.4 Å². The Hall–Kier alpha value is -3.26. The molecule has 5 rings (SSSR count). The molecule has 0 bridgehead atoms. The molecule has 1 unspecified atom stereocenters. The van der Waals surface area contributed by atoms with Gasteiger partial charge in [-0.25, -0.2) is 0 Å². The van der Waals surface area contributed by atoms with E-state index in [0.717, 1.165) is 0 Å². The molecule has 3 aromatic rings. The predicted molar refractivity (Wildman–Crippen MR) is 108 cm³/mol. The number of rotatable bonds is 4. The second-order valence-electron chi connectivity index (χ2n) is 7.27. The lowest BCUT2D eigenvalue weighted by Gasteiger charge is -2.18. The van der Waals surface area contributed by atoms with Crippen LogP contribution in [0.2, 0.25) is 0 Å². The second kappa shape index (κ2) is 6.87. The minimum absolute atomic E-state index is 0.0212. The highest BCUT2D eigenvalue weighted by Crippen LogP contribution is 2.42. The number of carbonyl (C=O) groups is 1. The summed E-state index contributed by atoms with van der Waals surface area (Å²) >= 11 is 0. The topological polar surface area (TPSA) is 155 Å². The van der Waals surface area contributed by atoms with Gasteiger partial charge in [-0.15, -0.1) is 0 Å². The third kappa shape index (κ3) is 3.26. The van der Waals surface area contributed by atoms with Gasteiger partial charge in [-0.05, 0) is 30.3 Å². The zero-order chi connectivity index (χ0) is 22.8. The molecule has 2 aliphatic rings. The summed E-state index contributed by atoms with van der Waals surface area (Å²) in [7, 11) is -8.91. The average Bonchev–Trinajstić information content (AvgIpc) is 3.19. The summed E-state index contributed by atoms with van der Waals surface area (Å²) in [6.45, 7) is 0.148. The van der Waals surface area contributed by atoms with Crippen LogP contribution in [-0.2, 0) is 25.0 Å². The Bertz CT molecular complexity index is 1540. The molecule has 0 saturated heterocycles. The molecule has 0 saturated carbocycles. The zero-order valence-corrected chi connectivity index (χ0v) is 17.7. The molecule has 0 aliphatic carbocycles. The third-order valence-electron chi connectivity index (χ3n) is 5.31. The number of hydrogen-bond donors (Lipinski definition) is 2. The van der Waals surface area contributed by atoms with Crippen LogP contribution in [0.4, 0.5) is 5.69 Å². The normalized spacial score (nSPS) is 17.8. The number of benzene rings is 2. The van der Waals surface area contributed by atoms with E-state index in [0.29, 0.717) is 34.7 Å². The molecular formula is C19H15N2O9S2+. The molecule has 0 amide bonds. The molecule has 1 atom stereocenters. The van der Waals surface area contributed by atoms with Crippen LogP contribution < -0.4 is 14.2 Å². The number of nitrogens with zero attached hydrogens (tertiary/aromatic N) is 2. The maximum atomic E-state index is 11.6. The molecule has 32 heavy (non-hydrogen) atoms. The van der Waals surface area contributed by atoms with E-state index >= 15 is 0 Å². The molecule has 0 spiro atoms. The first-order chi connectivity index (χ1) is 15.1. The Labute approximate surface area is 181 Å². The summed E-state index contributed by atoms with van der Waals surface area (Å²) in [5.74, 6) is 0.912. The van der Waals surface area contributed by atoms with Gasteiger partial charge < -0.3 is 18.8 Å². The van der Waals surface area contributed by atoms with Crippen LogP contribution in [-0.4, -0.2) is 38.8 Å². The SMILES string of the molecule is O=CCC1CN2C(=Cc3oc4ccc(S(=O)(=O)O)cc4[n+]31)Oc1ccc(S(=O)(=O)O)cc12. The van der Waals surface area contributed by atoms with Crippen molar-refractivity contribution in [3.63, 3.8) is 0 Å². The van der Waals surface area contributed by atoms with Crippen molar-refractivity contribution in [3.05, 3.63) is 48.2 Å². The van der Waals surface area contributed by atoms with Crippen LogP contribution in [0.25, 0.3) is 17.2 Å². The minimum atomic E-state index is -4.47. The van der Waals surface area contributed by atoms with Crippen LogP contribution in [0.3, 0.4) is 0 Å². The lowest BCUT2D eigenvalue weighted by Crippen LogP contribution is -2.45. The summed E-state index contributed by atoms with van der Waals surface area (Å²) in [6.07, 6.45) is 2.25. The van der Waals surface area contributed by atoms with E-state index < -0.39 is 26.3 Å². The molecule has 1 aromatic heterocycles. The quantitative estimate of drug-likeness (QED) is 0.320. The Morgan fingerprint density at radius 2 is 1.75 bits per heavy atom. The molecule has 3 heterocycles. The first-order valence-electron chi connectivity index (χ1n) is 9.24. The van der Waals surface area contributed by atoms with Gasteiger partial charge in [0.1, 0.15) is 17.3 Å². The minimum Gasteiger partial charge on any atom is -0.438 e. The van der Waals surface area contributed by atoms with Crippen LogP contribution in [0.1, 0.15) is 18.4 Å². The summed E-state index contributed by atoms with van der Waals surface area (Å²) < 4.78 is 78.5. The Morgan fingerprint density at radius 1 is 1.06 bits per heavy atom. The Morgan fingerprint density at radius 3 is 2.44 bits per heavy atom. The van der Waals surface area contributed by atoms with Crippen LogP contribution in [0, 0.1) is 0 Å². The van der Waals surface area contributed by atoms with Gasteiger partial charge in [-0.2, -0.15) is 21.4 Å². The van der Waals surface area contributed by atoms with Gasteiger partial charge in [0, 0.05) is 6.07 Å². The van der Waals surface area contributed by atoms with Gasteiger partial charge in [-0.3, -0.25) is 9.11 Å². The summed E-state index contributed by atoms with van der Waals surface area (Å²) in [6, 6.07) is 7.17. The Kier molecular flexibility index (Phi) is 4.43. The summed E-state index contributed by atoms with van der Waals surface area (Å²) in [5.41, 5.74) is 1.04.